The lowest BCUT2D eigenvalue weighted by Crippen LogP contribution is -2.03. The molecule has 0 aliphatic heterocycles. The van der Waals surface area contributed by atoms with Gasteiger partial charge in [0.15, 0.2) is 0 Å². The monoisotopic (exact) mass is 852 g/mol. The average Bonchev–Trinajstić information content (AvgIpc) is 3.34. The first-order valence-corrected chi connectivity index (χ1v) is 23.0. The van der Waals surface area contributed by atoms with E-state index in [0.29, 0.717) is 24.4 Å². The smallest absolute Gasteiger partial charge is 0.127 e. The lowest BCUT2D eigenvalue weighted by Gasteiger charge is -2.16. The maximum absolute atomic E-state index is 9.92. The number of nitrogens with zero attached hydrogens (tertiary/aromatic N) is 2. The summed E-state index contributed by atoms with van der Waals surface area (Å²) in [5.41, 5.74) is 8.73. The van der Waals surface area contributed by atoms with Crippen molar-refractivity contribution in [2.45, 2.75) is 90.9 Å². The van der Waals surface area contributed by atoms with Gasteiger partial charge in [0.1, 0.15) is 23.0 Å². The Hall–Kier alpha value is -6.76. The number of benzene rings is 5. The van der Waals surface area contributed by atoms with Crippen molar-refractivity contribution in [3.63, 3.8) is 0 Å². The van der Waals surface area contributed by atoms with Gasteiger partial charge in [-0.05, 0) is 119 Å². The zero-order valence-electron chi connectivity index (χ0n) is 38.3. The predicted octanol–water partition coefficient (Wildman–Crippen LogP) is 15.7. The van der Waals surface area contributed by atoms with E-state index < -0.39 is 0 Å². The Morgan fingerprint density at radius 2 is 0.781 bits per heavy atom. The van der Waals surface area contributed by atoms with Crippen LogP contribution in [0.4, 0.5) is 0 Å². The highest BCUT2D eigenvalue weighted by molar-refractivity contribution is 5.91. The van der Waals surface area contributed by atoms with Gasteiger partial charge in [0.2, 0.25) is 0 Å². The van der Waals surface area contributed by atoms with Crippen LogP contribution in [0, 0.1) is 22.7 Å². The molecule has 0 saturated heterocycles. The Bertz CT molecular complexity index is 2200. The normalized spacial score (nSPS) is 11.7. The maximum Gasteiger partial charge on any atom is 0.127 e. The third kappa shape index (κ3) is 15.9. The molecule has 0 unspecified atom stereocenters. The molecular weight excluding hydrogens is 789 g/mol. The molecule has 0 aliphatic carbocycles. The van der Waals surface area contributed by atoms with Crippen LogP contribution in [0.2, 0.25) is 0 Å². The molecule has 0 radical (unpaired) electrons. The second kappa shape index (κ2) is 27.3. The van der Waals surface area contributed by atoms with Crippen molar-refractivity contribution < 1.29 is 18.9 Å². The second-order valence-corrected chi connectivity index (χ2v) is 16.0. The van der Waals surface area contributed by atoms with Gasteiger partial charge in [-0.1, -0.05) is 151 Å². The van der Waals surface area contributed by atoms with Crippen LogP contribution in [0.25, 0.3) is 47.6 Å². The van der Waals surface area contributed by atoms with E-state index in [1.807, 2.05) is 84.9 Å². The first kappa shape index (κ1) is 48.3. The second-order valence-electron chi connectivity index (χ2n) is 16.0. The van der Waals surface area contributed by atoms with Crippen LogP contribution >= 0.6 is 0 Å². The van der Waals surface area contributed by atoms with Crippen molar-refractivity contribution in [1.82, 2.24) is 0 Å². The molecule has 0 saturated carbocycles. The van der Waals surface area contributed by atoms with Gasteiger partial charge in [0.25, 0.3) is 0 Å². The summed E-state index contributed by atoms with van der Waals surface area (Å²) < 4.78 is 23.7. The van der Waals surface area contributed by atoms with Gasteiger partial charge >= 0.3 is 0 Å². The standard InChI is InChI=1S/C58H64N2O4/c1-5-7-9-11-13-15-37-63-57-41-52(28-26-46-19-23-48(24-20-46)40-54(44-60)50-31-35-56(62-4)36-32-50)58(64-38-16-14-12-10-8-6-2)42-51(57)27-25-45-17-21-47(22-18-45)39-53(43-59)49-29-33-55(61-3)34-30-49/h17-36,39-42H,5-16,37-38H2,1-4H3/b27-25+,28-26+,53-39-,54-40-. The van der Waals surface area contributed by atoms with Crippen LogP contribution in [0.1, 0.15) is 135 Å². The highest BCUT2D eigenvalue weighted by Gasteiger charge is 2.11. The molecule has 0 aliphatic rings. The topological polar surface area (TPSA) is 84.5 Å². The fourth-order valence-electron chi connectivity index (χ4n) is 7.24. The highest BCUT2D eigenvalue weighted by atomic mass is 16.5. The van der Waals surface area contributed by atoms with Crippen LogP contribution in [-0.2, 0) is 0 Å². The minimum atomic E-state index is 0.588. The van der Waals surface area contributed by atoms with Crippen molar-refractivity contribution in [3.05, 3.63) is 154 Å². The fourth-order valence-corrected chi connectivity index (χ4v) is 7.24. The molecule has 0 spiro atoms. The first-order valence-electron chi connectivity index (χ1n) is 23.0. The number of rotatable bonds is 26. The quantitative estimate of drug-likeness (QED) is 0.0313. The Balaban J connectivity index is 1.41. The van der Waals surface area contributed by atoms with Crippen molar-refractivity contribution >= 4 is 47.6 Å². The molecule has 64 heavy (non-hydrogen) atoms. The van der Waals surface area contributed by atoms with E-state index in [9.17, 15) is 10.5 Å². The minimum Gasteiger partial charge on any atom is -0.497 e. The number of methoxy groups -OCH3 is 2. The molecule has 6 nitrogen and oxygen atoms in total. The molecule has 330 valence electrons. The van der Waals surface area contributed by atoms with E-state index in [4.69, 9.17) is 18.9 Å². The third-order valence-corrected chi connectivity index (χ3v) is 11.1. The third-order valence-electron chi connectivity index (χ3n) is 11.1. The zero-order valence-corrected chi connectivity index (χ0v) is 38.3. The molecule has 0 amide bonds. The number of allylic oxidation sites excluding steroid dienone is 2. The van der Waals surface area contributed by atoms with Crippen LogP contribution in [0.5, 0.6) is 23.0 Å². The van der Waals surface area contributed by atoms with Crippen LogP contribution < -0.4 is 18.9 Å². The maximum atomic E-state index is 9.92. The van der Waals surface area contributed by atoms with Gasteiger partial charge in [-0.3, -0.25) is 0 Å². The Morgan fingerprint density at radius 1 is 0.438 bits per heavy atom. The number of hydrogen-bond donors (Lipinski definition) is 0. The summed E-state index contributed by atoms with van der Waals surface area (Å²) in [7, 11) is 3.27. The Labute approximate surface area is 382 Å². The minimum absolute atomic E-state index is 0.588. The number of hydrogen-bond acceptors (Lipinski definition) is 6. The molecule has 6 heteroatoms. The SMILES string of the molecule is CCCCCCCCOc1cc(/C=C/c2ccc(/C=C(/C#N)c3ccc(OC)cc3)cc2)c(OCCCCCCCC)cc1/C=C/c1ccc(/C=C(/C#N)c2ccc(OC)cc2)cc1. The Morgan fingerprint density at radius 3 is 1.12 bits per heavy atom. The van der Waals surface area contributed by atoms with Gasteiger partial charge in [-0.15, -0.1) is 0 Å². The van der Waals surface area contributed by atoms with Crippen LogP contribution in [-0.4, -0.2) is 27.4 Å². The molecule has 0 aromatic heterocycles. The van der Waals surface area contributed by atoms with E-state index in [-0.39, 0.29) is 0 Å². The molecule has 0 fully saturated rings. The van der Waals surface area contributed by atoms with Crippen molar-refractivity contribution in [2.75, 3.05) is 27.4 Å². The van der Waals surface area contributed by atoms with E-state index in [1.54, 1.807) is 14.2 Å². The highest BCUT2D eigenvalue weighted by Crippen LogP contribution is 2.33. The summed E-state index contributed by atoms with van der Waals surface area (Å²) >= 11 is 0. The summed E-state index contributed by atoms with van der Waals surface area (Å²) in [6.45, 7) is 5.77. The lowest BCUT2D eigenvalue weighted by molar-refractivity contribution is 0.295. The van der Waals surface area contributed by atoms with Crippen LogP contribution in [0.15, 0.2) is 109 Å². The molecular formula is C58H64N2O4. The molecule has 5 aromatic rings. The molecule has 0 N–H and O–H groups in total. The Kier molecular flexibility index (Phi) is 20.6. The van der Waals surface area contributed by atoms with E-state index in [0.717, 1.165) is 93.2 Å². The van der Waals surface area contributed by atoms with E-state index in [2.05, 4.69) is 86.7 Å². The van der Waals surface area contributed by atoms with E-state index >= 15 is 0 Å². The fraction of sp³-hybridized carbons (Fsp3) is 0.310. The summed E-state index contributed by atoms with van der Waals surface area (Å²) in [5, 5.41) is 19.8. The number of unbranched alkanes of at least 4 members (excludes halogenated alkanes) is 10. The zero-order chi connectivity index (χ0) is 45.2. The van der Waals surface area contributed by atoms with E-state index in [1.165, 1.54) is 51.4 Å². The summed E-state index contributed by atoms with van der Waals surface area (Å²) in [6, 6.07) is 40.4. The van der Waals surface area contributed by atoms with Crippen molar-refractivity contribution in [2.24, 2.45) is 0 Å². The van der Waals surface area contributed by atoms with Crippen molar-refractivity contribution in [1.29, 1.82) is 10.5 Å². The van der Waals surface area contributed by atoms with Gasteiger partial charge in [0, 0.05) is 11.1 Å². The van der Waals surface area contributed by atoms with Gasteiger partial charge in [-0.25, -0.2) is 0 Å². The van der Waals surface area contributed by atoms with Crippen molar-refractivity contribution in [3.8, 4) is 35.1 Å². The van der Waals surface area contributed by atoms with Gasteiger partial charge in [0.05, 0.1) is 50.7 Å². The molecule has 5 rings (SSSR count). The number of ether oxygens (including phenoxy) is 4. The predicted molar refractivity (Wildman–Crippen MR) is 268 cm³/mol. The largest absolute Gasteiger partial charge is 0.497 e. The van der Waals surface area contributed by atoms with Crippen LogP contribution in [0.3, 0.4) is 0 Å². The molecule has 5 aromatic carbocycles. The molecule has 0 heterocycles. The van der Waals surface area contributed by atoms with Gasteiger partial charge in [-0.2, -0.15) is 10.5 Å². The summed E-state index contributed by atoms with van der Waals surface area (Å²) in [6.07, 6.45) is 26.5. The average molecular weight is 853 g/mol. The summed E-state index contributed by atoms with van der Waals surface area (Å²) in [4.78, 5) is 0. The first-order chi connectivity index (χ1) is 31.5. The molecule has 0 atom stereocenters. The lowest BCUT2D eigenvalue weighted by atomic mass is 10.0. The van der Waals surface area contributed by atoms with Gasteiger partial charge < -0.3 is 18.9 Å². The number of nitriles is 2. The molecule has 0 bridgehead atoms. The summed E-state index contributed by atoms with van der Waals surface area (Å²) in [5.74, 6) is 3.14.